The summed E-state index contributed by atoms with van der Waals surface area (Å²) < 4.78 is 11.4. The predicted octanol–water partition coefficient (Wildman–Crippen LogP) is 5.30. The highest BCUT2D eigenvalue weighted by Crippen LogP contribution is 2.18. The van der Waals surface area contributed by atoms with Crippen LogP contribution in [0.3, 0.4) is 0 Å². The van der Waals surface area contributed by atoms with Crippen molar-refractivity contribution < 1.29 is 14.3 Å². The largest absolute Gasteiger partial charge is 0.497 e. The number of carbonyl (C=O) groups is 1. The van der Waals surface area contributed by atoms with Gasteiger partial charge < -0.3 is 14.8 Å². The zero-order valence-electron chi connectivity index (χ0n) is 19.2. The fourth-order valence-corrected chi connectivity index (χ4v) is 3.45. The first-order valence-electron chi connectivity index (χ1n) is 10.9. The first-order valence-corrected chi connectivity index (χ1v) is 10.9. The molecule has 0 aliphatic rings. The van der Waals surface area contributed by atoms with Crippen LogP contribution in [-0.2, 0) is 11.3 Å². The van der Waals surface area contributed by atoms with Gasteiger partial charge in [-0.15, -0.1) is 0 Å². The van der Waals surface area contributed by atoms with Crippen LogP contribution in [0.1, 0.15) is 25.0 Å². The van der Waals surface area contributed by atoms with Crippen molar-refractivity contribution in [1.29, 1.82) is 0 Å². The van der Waals surface area contributed by atoms with Gasteiger partial charge in [0.1, 0.15) is 11.5 Å². The minimum Gasteiger partial charge on any atom is -0.497 e. The average Bonchev–Trinajstić information content (AvgIpc) is 2.79. The van der Waals surface area contributed by atoms with Gasteiger partial charge in [0, 0.05) is 24.8 Å². The summed E-state index contributed by atoms with van der Waals surface area (Å²) in [6.07, 6.45) is -0.674. The predicted molar refractivity (Wildman–Crippen MR) is 129 cm³/mol. The minimum absolute atomic E-state index is 0.186. The summed E-state index contributed by atoms with van der Waals surface area (Å²) in [5, 5.41) is 2.98. The van der Waals surface area contributed by atoms with Gasteiger partial charge in [-0.3, -0.25) is 9.69 Å². The van der Waals surface area contributed by atoms with Gasteiger partial charge in [0.05, 0.1) is 7.11 Å². The first kappa shape index (κ1) is 23.4. The van der Waals surface area contributed by atoms with Crippen LogP contribution in [0.2, 0.25) is 0 Å². The Morgan fingerprint density at radius 1 is 0.938 bits per heavy atom. The Labute approximate surface area is 191 Å². The van der Waals surface area contributed by atoms with Crippen LogP contribution >= 0.6 is 0 Å². The number of ether oxygens (including phenoxy) is 2. The van der Waals surface area contributed by atoms with Gasteiger partial charge in [0.2, 0.25) is 0 Å². The van der Waals surface area contributed by atoms with E-state index < -0.39 is 6.10 Å². The lowest BCUT2D eigenvalue weighted by Crippen LogP contribution is -2.45. The van der Waals surface area contributed by atoms with Crippen molar-refractivity contribution in [1.82, 2.24) is 4.90 Å². The number of benzene rings is 3. The summed E-state index contributed by atoms with van der Waals surface area (Å²) in [6, 6.07) is 25.5. The summed E-state index contributed by atoms with van der Waals surface area (Å²) in [5.74, 6) is 1.22. The maximum atomic E-state index is 13.2. The van der Waals surface area contributed by atoms with Crippen LogP contribution in [0.4, 0.5) is 5.69 Å². The third-order valence-corrected chi connectivity index (χ3v) is 5.27. The van der Waals surface area contributed by atoms with E-state index >= 15 is 0 Å². The quantitative estimate of drug-likeness (QED) is 0.472. The first-order chi connectivity index (χ1) is 15.4. The molecule has 32 heavy (non-hydrogen) atoms. The molecule has 0 radical (unpaired) electrons. The molecule has 3 aromatic carbocycles. The number of anilines is 1. The Morgan fingerprint density at radius 2 is 1.66 bits per heavy atom. The lowest BCUT2D eigenvalue weighted by molar-refractivity contribution is -0.123. The maximum absolute atomic E-state index is 13.2. The third kappa shape index (κ3) is 6.86. The second-order valence-corrected chi connectivity index (χ2v) is 8.15. The van der Waals surface area contributed by atoms with Crippen LogP contribution in [-0.4, -0.2) is 36.6 Å². The summed E-state index contributed by atoms with van der Waals surface area (Å²) in [6.45, 7) is 7.56. The molecule has 3 rings (SSSR count). The van der Waals surface area contributed by atoms with Crippen molar-refractivity contribution in [2.24, 2.45) is 0 Å². The number of carbonyl (C=O) groups excluding carboxylic acids is 1. The lowest BCUT2D eigenvalue weighted by atomic mass is 10.1. The molecule has 168 valence electrons. The normalized spacial score (nSPS) is 11.9. The Balaban J connectivity index is 1.78. The monoisotopic (exact) mass is 432 g/mol. The molecule has 1 unspecified atom stereocenters. The highest BCUT2D eigenvalue weighted by atomic mass is 16.5. The Bertz CT molecular complexity index is 987. The Kier molecular flexibility index (Phi) is 8.28. The number of para-hydroxylation sites is 1. The van der Waals surface area contributed by atoms with E-state index in [2.05, 4.69) is 55.3 Å². The van der Waals surface area contributed by atoms with Crippen molar-refractivity contribution in [3.05, 3.63) is 90.0 Å². The second kappa shape index (κ2) is 11.3. The van der Waals surface area contributed by atoms with Crippen molar-refractivity contribution in [3.8, 4) is 11.5 Å². The van der Waals surface area contributed by atoms with Crippen molar-refractivity contribution in [2.45, 2.75) is 39.5 Å². The average molecular weight is 433 g/mol. The number of nitrogens with one attached hydrogen (secondary N) is 1. The van der Waals surface area contributed by atoms with Crippen LogP contribution < -0.4 is 14.8 Å². The number of amides is 1. The maximum Gasteiger partial charge on any atom is 0.266 e. The molecule has 3 aromatic rings. The number of nitrogens with zero attached hydrogens (tertiary/aromatic N) is 1. The molecule has 1 atom stereocenters. The number of hydrogen-bond donors (Lipinski definition) is 1. The van der Waals surface area contributed by atoms with E-state index in [0.717, 1.165) is 12.3 Å². The molecule has 1 N–H and O–H groups in total. The standard InChI is InChI=1S/C27H32N2O3/c1-20(2)29(18-22-10-8-9-21(3)17-22)19-26(32-25-11-6-5-7-12-25)27(30)28-23-13-15-24(31-4)16-14-23/h5-17,20,26H,18-19H2,1-4H3,(H,28,30). The topological polar surface area (TPSA) is 50.8 Å². The van der Waals surface area contributed by atoms with Crippen LogP contribution in [0.25, 0.3) is 0 Å². The second-order valence-electron chi connectivity index (χ2n) is 8.15. The lowest BCUT2D eigenvalue weighted by Gasteiger charge is -2.30. The van der Waals surface area contributed by atoms with Gasteiger partial charge in [-0.05, 0) is 62.7 Å². The van der Waals surface area contributed by atoms with Crippen molar-refractivity contribution in [2.75, 3.05) is 19.0 Å². The molecule has 0 bridgehead atoms. The Morgan fingerprint density at radius 3 is 2.28 bits per heavy atom. The highest BCUT2D eigenvalue weighted by Gasteiger charge is 2.25. The third-order valence-electron chi connectivity index (χ3n) is 5.27. The van der Waals surface area contributed by atoms with E-state index in [-0.39, 0.29) is 11.9 Å². The number of hydrogen-bond acceptors (Lipinski definition) is 4. The minimum atomic E-state index is -0.674. The van der Waals surface area contributed by atoms with Gasteiger partial charge in [-0.2, -0.15) is 0 Å². The van der Waals surface area contributed by atoms with E-state index in [9.17, 15) is 4.79 Å². The molecule has 0 saturated heterocycles. The molecule has 0 fully saturated rings. The van der Waals surface area contributed by atoms with Gasteiger partial charge in [0.25, 0.3) is 5.91 Å². The number of rotatable bonds is 10. The summed E-state index contributed by atoms with van der Waals surface area (Å²) in [4.78, 5) is 15.5. The van der Waals surface area contributed by atoms with E-state index in [1.165, 1.54) is 11.1 Å². The van der Waals surface area contributed by atoms with Crippen molar-refractivity contribution in [3.63, 3.8) is 0 Å². The van der Waals surface area contributed by atoms with E-state index in [1.54, 1.807) is 7.11 Å². The van der Waals surface area contributed by atoms with Gasteiger partial charge in [-0.25, -0.2) is 0 Å². The molecule has 0 spiro atoms. The molecule has 0 saturated carbocycles. The summed E-state index contributed by atoms with van der Waals surface area (Å²) in [5.41, 5.74) is 3.14. The van der Waals surface area contributed by atoms with E-state index in [1.807, 2.05) is 54.6 Å². The van der Waals surface area contributed by atoms with Crippen LogP contribution in [0.15, 0.2) is 78.9 Å². The molecular formula is C27H32N2O3. The number of aryl methyl sites for hydroxylation is 1. The molecular weight excluding hydrogens is 400 g/mol. The van der Waals surface area contributed by atoms with Crippen LogP contribution in [0, 0.1) is 6.92 Å². The Hall–Kier alpha value is -3.31. The zero-order chi connectivity index (χ0) is 22.9. The highest BCUT2D eigenvalue weighted by molar-refractivity contribution is 5.94. The van der Waals surface area contributed by atoms with E-state index in [0.29, 0.717) is 18.0 Å². The molecule has 0 aliphatic heterocycles. The SMILES string of the molecule is COc1ccc(NC(=O)C(CN(Cc2cccc(C)c2)C(C)C)Oc2ccccc2)cc1. The summed E-state index contributed by atoms with van der Waals surface area (Å²) in [7, 11) is 1.62. The molecule has 0 aliphatic carbocycles. The molecule has 0 heterocycles. The molecule has 1 amide bonds. The van der Waals surface area contributed by atoms with Gasteiger partial charge in [-0.1, -0.05) is 48.0 Å². The van der Waals surface area contributed by atoms with Gasteiger partial charge in [0.15, 0.2) is 6.10 Å². The van der Waals surface area contributed by atoms with Crippen LogP contribution in [0.5, 0.6) is 11.5 Å². The zero-order valence-corrected chi connectivity index (χ0v) is 19.2. The van der Waals surface area contributed by atoms with Crippen molar-refractivity contribution >= 4 is 11.6 Å². The molecule has 0 aromatic heterocycles. The molecule has 5 nitrogen and oxygen atoms in total. The fourth-order valence-electron chi connectivity index (χ4n) is 3.45. The fraction of sp³-hybridized carbons (Fsp3) is 0.296. The van der Waals surface area contributed by atoms with E-state index in [4.69, 9.17) is 9.47 Å². The summed E-state index contributed by atoms with van der Waals surface area (Å²) >= 11 is 0. The number of methoxy groups -OCH3 is 1. The molecule has 5 heteroatoms. The van der Waals surface area contributed by atoms with Gasteiger partial charge >= 0.3 is 0 Å². The smallest absolute Gasteiger partial charge is 0.266 e.